The van der Waals surface area contributed by atoms with Crippen LogP contribution in [0.5, 0.6) is 0 Å². The van der Waals surface area contributed by atoms with Crippen molar-refractivity contribution in [3.8, 4) is 55.9 Å². The van der Waals surface area contributed by atoms with Crippen LogP contribution in [0.1, 0.15) is 96.9 Å². The van der Waals surface area contributed by atoms with E-state index in [9.17, 15) is 0 Å². The van der Waals surface area contributed by atoms with Crippen molar-refractivity contribution in [1.29, 1.82) is 0 Å². The average Bonchev–Trinajstić information content (AvgIpc) is 3.57. The van der Waals surface area contributed by atoms with Gasteiger partial charge in [-0.05, 0) is 127 Å². The fourth-order valence-electron chi connectivity index (χ4n) is 10.00. The van der Waals surface area contributed by atoms with Gasteiger partial charge in [0.05, 0.1) is 11.4 Å². The van der Waals surface area contributed by atoms with Crippen LogP contribution in [-0.4, -0.2) is 9.97 Å². The van der Waals surface area contributed by atoms with Gasteiger partial charge in [0.1, 0.15) is 0 Å². The highest BCUT2D eigenvalue weighted by Crippen LogP contribution is 2.52. The molecule has 0 amide bonds. The van der Waals surface area contributed by atoms with E-state index in [2.05, 4.69) is 213 Å². The Labute approximate surface area is 341 Å². The van der Waals surface area contributed by atoms with Crippen LogP contribution in [0.4, 0.5) is 0 Å². The number of benzene rings is 5. The monoisotopic (exact) mass is 744 g/mol. The zero-order valence-corrected chi connectivity index (χ0v) is 35.0. The summed E-state index contributed by atoms with van der Waals surface area (Å²) < 4.78 is 0. The van der Waals surface area contributed by atoms with Gasteiger partial charge in [-0.15, -0.1) is 0 Å². The molecule has 2 nitrogen and oxygen atoms in total. The van der Waals surface area contributed by atoms with Crippen LogP contribution in [0.15, 0.2) is 158 Å². The fourth-order valence-corrected chi connectivity index (χ4v) is 10.00. The number of rotatable bonds is 6. The van der Waals surface area contributed by atoms with Crippen LogP contribution in [0.25, 0.3) is 55.9 Å². The quantitative estimate of drug-likeness (QED) is 0.169. The number of pyridine rings is 2. The van der Waals surface area contributed by atoms with Gasteiger partial charge in [-0.3, -0.25) is 9.97 Å². The molecule has 2 aromatic heterocycles. The zero-order chi connectivity index (χ0) is 40.0. The van der Waals surface area contributed by atoms with Gasteiger partial charge in [-0.1, -0.05) is 171 Å². The summed E-state index contributed by atoms with van der Waals surface area (Å²) >= 11 is 0. The van der Waals surface area contributed by atoms with Crippen LogP contribution in [0, 0.1) is 0 Å². The Hall–Kier alpha value is -5.60. The van der Waals surface area contributed by atoms with Crippen molar-refractivity contribution < 1.29 is 0 Å². The molecule has 0 saturated heterocycles. The third-order valence-electron chi connectivity index (χ3n) is 12.9. The molecule has 2 aliphatic rings. The maximum atomic E-state index is 4.93. The first kappa shape index (κ1) is 38.3. The van der Waals surface area contributed by atoms with Crippen LogP contribution < -0.4 is 0 Å². The Morgan fingerprint density at radius 1 is 0.368 bits per heavy atom. The molecule has 0 aliphatic heterocycles. The topological polar surface area (TPSA) is 25.8 Å². The lowest BCUT2D eigenvalue weighted by Gasteiger charge is -2.25. The van der Waals surface area contributed by atoms with Crippen molar-refractivity contribution in [2.24, 2.45) is 0 Å². The average molecular weight is 745 g/mol. The first-order valence-corrected chi connectivity index (χ1v) is 20.7. The maximum Gasteiger partial charge on any atom is 0.0705 e. The lowest BCUT2D eigenvalue weighted by Crippen LogP contribution is -2.20. The minimum absolute atomic E-state index is 0.180. The van der Waals surface area contributed by atoms with E-state index in [1.165, 1.54) is 79.6 Å². The molecular weight excluding hydrogens is 689 g/mol. The highest BCUT2D eigenvalue weighted by atomic mass is 14.7. The molecule has 286 valence electrons. The molecule has 1 unspecified atom stereocenters. The minimum Gasteiger partial charge on any atom is -0.256 e. The Morgan fingerprint density at radius 2 is 0.719 bits per heavy atom. The molecule has 2 aliphatic carbocycles. The van der Waals surface area contributed by atoms with E-state index in [4.69, 9.17) is 9.97 Å². The molecule has 0 N–H and O–H groups in total. The standard InChI is InChI=1S/C31H31N.C24H25N/c1-5-31(4)21-30(2,3)27-19-29(32-20-28(27)31)26-16-10-15-25(18-26)24-14-9-13-23(17-24)22-11-7-6-8-12-22;1-23(2)16-24(3,4)21-15-25-22(14-20(21)23)19-12-8-11-18(13-19)17-9-6-5-7-10-17/h6-20H,5,21H2,1-4H3;5-15H,16H2,1-4H3. The second-order valence-corrected chi connectivity index (χ2v) is 18.6. The molecule has 0 saturated carbocycles. The van der Waals surface area contributed by atoms with Gasteiger partial charge in [0.25, 0.3) is 0 Å². The van der Waals surface area contributed by atoms with Gasteiger partial charge >= 0.3 is 0 Å². The first-order chi connectivity index (χ1) is 27.3. The van der Waals surface area contributed by atoms with Gasteiger partial charge < -0.3 is 0 Å². The van der Waals surface area contributed by atoms with Gasteiger partial charge in [0, 0.05) is 23.5 Å². The third-order valence-corrected chi connectivity index (χ3v) is 12.9. The molecule has 0 fully saturated rings. The molecule has 0 bridgehead atoms. The second kappa shape index (κ2) is 14.7. The lowest BCUT2D eigenvalue weighted by atomic mass is 9.78. The number of fused-ring (bicyclic) bond motifs is 2. The predicted molar refractivity (Wildman–Crippen MR) is 242 cm³/mol. The van der Waals surface area contributed by atoms with Crippen molar-refractivity contribution in [2.45, 2.75) is 96.3 Å². The molecule has 9 rings (SSSR count). The van der Waals surface area contributed by atoms with Crippen molar-refractivity contribution in [3.05, 3.63) is 180 Å². The number of hydrogen-bond donors (Lipinski definition) is 0. The van der Waals surface area contributed by atoms with E-state index in [-0.39, 0.29) is 21.7 Å². The fraction of sp³-hybridized carbons (Fsp3) is 0.273. The SMILES string of the molecule is CC1(C)CC(C)(C)c2cc(-c3cccc(-c4ccccc4)c3)ncc21.CCC1(C)CC(C)(C)c2cc(-c3cccc(-c4cccc(-c5ccccc5)c4)c3)ncc21. The summed E-state index contributed by atoms with van der Waals surface area (Å²) in [5.41, 5.74) is 18.5. The molecule has 0 radical (unpaired) electrons. The summed E-state index contributed by atoms with van der Waals surface area (Å²) in [5.74, 6) is 0. The summed E-state index contributed by atoms with van der Waals surface area (Å²) in [6.07, 6.45) is 7.76. The summed E-state index contributed by atoms with van der Waals surface area (Å²) in [7, 11) is 0. The Morgan fingerprint density at radius 3 is 1.19 bits per heavy atom. The zero-order valence-electron chi connectivity index (χ0n) is 35.0. The summed E-state index contributed by atoms with van der Waals surface area (Å²) in [5, 5.41) is 0. The molecule has 1 atom stereocenters. The molecule has 7 aromatic rings. The van der Waals surface area contributed by atoms with Gasteiger partial charge in [0.15, 0.2) is 0 Å². The van der Waals surface area contributed by atoms with E-state index in [0.717, 1.165) is 17.8 Å². The largest absolute Gasteiger partial charge is 0.256 e. The summed E-state index contributed by atoms with van der Waals surface area (Å²) in [6, 6.07) is 52.0. The highest BCUT2D eigenvalue weighted by Gasteiger charge is 2.44. The van der Waals surface area contributed by atoms with E-state index in [0.29, 0.717) is 0 Å². The minimum atomic E-state index is 0.180. The normalized spacial score (nSPS) is 18.2. The van der Waals surface area contributed by atoms with Crippen LogP contribution in [0.3, 0.4) is 0 Å². The van der Waals surface area contributed by atoms with E-state index in [1.807, 2.05) is 0 Å². The molecule has 5 aromatic carbocycles. The van der Waals surface area contributed by atoms with Crippen molar-refractivity contribution in [2.75, 3.05) is 0 Å². The van der Waals surface area contributed by atoms with Gasteiger partial charge in [0.2, 0.25) is 0 Å². The molecule has 57 heavy (non-hydrogen) atoms. The van der Waals surface area contributed by atoms with Gasteiger partial charge in [-0.25, -0.2) is 0 Å². The van der Waals surface area contributed by atoms with E-state index < -0.39 is 0 Å². The number of nitrogens with zero attached hydrogens (tertiary/aromatic N) is 2. The molecule has 2 heterocycles. The van der Waals surface area contributed by atoms with Crippen molar-refractivity contribution >= 4 is 0 Å². The van der Waals surface area contributed by atoms with Crippen LogP contribution in [-0.2, 0) is 21.7 Å². The number of aromatic nitrogens is 2. The lowest BCUT2D eigenvalue weighted by molar-refractivity contribution is 0.366. The van der Waals surface area contributed by atoms with E-state index in [1.54, 1.807) is 0 Å². The third kappa shape index (κ3) is 7.51. The second-order valence-electron chi connectivity index (χ2n) is 18.6. The first-order valence-electron chi connectivity index (χ1n) is 20.7. The Bertz CT molecular complexity index is 2540. The Kier molecular flexibility index (Phi) is 9.89. The Balaban J connectivity index is 0.000000165. The highest BCUT2D eigenvalue weighted by molar-refractivity contribution is 5.77. The summed E-state index contributed by atoms with van der Waals surface area (Å²) in [6.45, 7) is 18.8. The van der Waals surface area contributed by atoms with Crippen molar-refractivity contribution in [3.63, 3.8) is 0 Å². The predicted octanol–water partition coefficient (Wildman–Crippen LogP) is 14.8. The maximum absolute atomic E-state index is 4.93. The van der Waals surface area contributed by atoms with Crippen LogP contribution >= 0.6 is 0 Å². The molecular formula is C55H56N2. The van der Waals surface area contributed by atoms with Gasteiger partial charge in [-0.2, -0.15) is 0 Å². The van der Waals surface area contributed by atoms with E-state index >= 15 is 0 Å². The number of hydrogen-bond acceptors (Lipinski definition) is 2. The molecule has 0 spiro atoms. The summed E-state index contributed by atoms with van der Waals surface area (Å²) in [4.78, 5) is 9.75. The smallest absolute Gasteiger partial charge is 0.0705 e. The van der Waals surface area contributed by atoms with Crippen molar-refractivity contribution in [1.82, 2.24) is 9.97 Å². The van der Waals surface area contributed by atoms with Crippen LogP contribution in [0.2, 0.25) is 0 Å². The molecule has 2 heteroatoms.